The summed E-state index contributed by atoms with van der Waals surface area (Å²) >= 11 is 0. The van der Waals surface area contributed by atoms with Crippen LogP contribution in [0.3, 0.4) is 0 Å². The number of rotatable bonds is 3. The van der Waals surface area contributed by atoms with Crippen LogP contribution in [0, 0.1) is 0 Å². The molecular weight excluding hydrogens is 328 g/mol. The van der Waals surface area contributed by atoms with Gasteiger partial charge in [0.2, 0.25) is 0 Å². The number of hydrogen-bond donors (Lipinski definition) is 2. The molecule has 24 heavy (non-hydrogen) atoms. The minimum absolute atomic E-state index is 0.175. The van der Waals surface area contributed by atoms with E-state index in [0.717, 1.165) is 24.8 Å². The molecule has 1 aliphatic heterocycles. The topological polar surface area (TPSA) is 95.2 Å². The van der Waals surface area contributed by atoms with E-state index in [1.807, 2.05) is 6.07 Å². The normalized spacial score (nSPS) is 18.4. The van der Waals surface area contributed by atoms with Crippen LogP contribution < -0.4 is 5.32 Å². The molecule has 1 fully saturated rings. The standard InChI is InChI=1S/C16H20N4O3S/c1-24(22,23)14-6-4-13(5-7-14)18-16(21)20-10-2-3-12(11-20)15-8-9-17-19-15/h4-9,12H,2-3,10-11H2,1H3,(H,17,19)(H,18,21)/t12-/m1/s1. The summed E-state index contributed by atoms with van der Waals surface area (Å²) in [6.07, 6.45) is 4.83. The van der Waals surface area contributed by atoms with Crippen molar-refractivity contribution in [3.05, 3.63) is 42.2 Å². The van der Waals surface area contributed by atoms with Crippen LogP contribution in [0.25, 0.3) is 0 Å². The highest BCUT2D eigenvalue weighted by atomic mass is 32.2. The maximum atomic E-state index is 12.4. The third-order valence-corrected chi connectivity index (χ3v) is 5.33. The number of aromatic amines is 1. The quantitative estimate of drug-likeness (QED) is 0.889. The van der Waals surface area contributed by atoms with Crippen molar-refractivity contribution in [3.8, 4) is 0 Å². The van der Waals surface area contributed by atoms with Crippen LogP contribution in [0.4, 0.5) is 10.5 Å². The van der Waals surface area contributed by atoms with E-state index in [9.17, 15) is 13.2 Å². The zero-order valence-corrected chi connectivity index (χ0v) is 14.2. The van der Waals surface area contributed by atoms with Crippen molar-refractivity contribution in [1.29, 1.82) is 0 Å². The number of anilines is 1. The van der Waals surface area contributed by atoms with Crippen molar-refractivity contribution in [1.82, 2.24) is 15.1 Å². The van der Waals surface area contributed by atoms with Crippen LogP contribution in [0.15, 0.2) is 41.4 Å². The fourth-order valence-electron chi connectivity index (χ4n) is 2.90. The minimum atomic E-state index is -3.23. The van der Waals surface area contributed by atoms with E-state index in [2.05, 4.69) is 15.5 Å². The Morgan fingerprint density at radius 3 is 2.67 bits per heavy atom. The van der Waals surface area contributed by atoms with E-state index in [1.165, 1.54) is 12.1 Å². The summed E-state index contributed by atoms with van der Waals surface area (Å²) in [4.78, 5) is 14.4. The molecule has 1 aromatic carbocycles. The van der Waals surface area contributed by atoms with Crippen molar-refractivity contribution in [2.45, 2.75) is 23.7 Å². The van der Waals surface area contributed by atoms with E-state index in [0.29, 0.717) is 18.8 Å². The van der Waals surface area contributed by atoms with Crippen molar-refractivity contribution in [2.75, 3.05) is 24.7 Å². The molecule has 1 aliphatic rings. The number of aromatic nitrogens is 2. The zero-order chi connectivity index (χ0) is 17.2. The lowest BCUT2D eigenvalue weighted by atomic mass is 9.95. The lowest BCUT2D eigenvalue weighted by molar-refractivity contribution is 0.192. The van der Waals surface area contributed by atoms with Gasteiger partial charge in [-0.3, -0.25) is 5.10 Å². The highest BCUT2D eigenvalue weighted by Gasteiger charge is 2.25. The van der Waals surface area contributed by atoms with Gasteiger partial charge in [-0.25, -0.2) is 13.2 Å². The molecule has 1 saturated heterocycles. The Bertz CT molecular complexity index is 800. The minimum Gasteiger partial charge on any atom is -0.324 e. The second kappa shape index (κ2) is 6.64. The number of hydrogen-bond acceptors (Lipinski definition) is 4. The van der Waals surface area contributed by atoms with Crippen molar-refractivity contribution < 1.29 is 13.2 Å². The SMILES string of the molecule is CS(=O)(=O)c1ccc(NC(=O)N2CCC[C@@H](c3ccn[nH]3)C2)cc1. The Hall–Kier alpha value is -2.35. The first-order valence-electron chi connectivity index (χ1n) is 7.79. The van der Waals surface area contributed by atoms with Crippen LogP contribution in [0.2, 0.25) is 0 Å². The number of urea groups is 1. The molecule has 0 spiro atoms. The summed E-state index contributed by atoms with van der Waals surface area (Å²) in [5, 5.41) is 9.76. The molecule has 2 heterocycles. The van der Waals surface area contributed by atoms with Gasteiger partial charge in [0.1, 0.15) is 0 Å². The van der Waals surface area contributed by atoms with Gasteiger partial charge in [0, 0.05) is 42.8 Å². The maximum absolute atomic E-state index is 12.4. The van der Waals surface area contributed by atoms with E-state index < -0.39 is 9.84 Å². The number of nitrogens with zero attached hydrogens (tertiary/aromatic N) is 2. The van der Waals surface area contributed by atoms with Gasteiger partial charge >= 0.3 is 6.03 Å². The summed E-state index contributed by atoms with van der Waals surface area (Å²) in [6, 6.07) is 7.96. The molecule has 0 bridgehead atoms. The highest BCUT2D eigenvalue weighted by molar-refractivity contribution is 7.90. The highest BCUT2D eigenvalue weighted by Crippen LogP contribution is 2.25. The first-order valence-corrected chi connectivity index (χ1v) is 9.68. The van der Waals surface area contributed by atoms with Gasteiger partial charge in [-0.15, -0.1) is 0 Å². The van der Waals surface area contributed by atoms with Gasteiger partial charge in [-0.1, -0.05) is 0 Å². The predicted octanol–water partition coefficient (Wildman–Crippen LogP) is 2.22. The zero-order valence-electron chi connectivity index (χ0n) is 13.4. The van der Waals surface area contributed by atoms with Gasteiger partial charge in [0.05, 0.1) is 4.90 Å². The number of H-pyrrole nitrogens is 1. The number of benzene rings is 1. The number of carbonyl (C=O) groups excluding carboxylic acids is 1. The van der Waals surface area contributed by atoms with Gasteiger partial charge in [-0.2, -0.15) is 5.10 Å². The average molecular weight is 348 g/mol. The molecule has 1 aromatic heterocycles. The molecule has 7 nitrogen and oxygen atoms in total. The molecule has 0 radical (unpaired) electrons. The summed E-state index contributed by atoms with van der Waals surface area (Å²) in [5.41, 5.74) is 1.63. The lowest BCUT2D eigenvalue weighted by Gasteiger charge is -2.32. The second-order valence-corrected chi connectivity index (χ2v) is 8.04. The summed E-state index contributed by atoms with van der Waals surface area (Å²) < 4.78 is 22.9. The molecule has 0 saturated carbocycles. The monoisotopic (exact) mass is 348 g/mol. The third kappa shape index (κ3) is 3.76. The van der Waals surface area contributed by atoms with Crippen LogP contribution in [0.1, 0.15) is 24.5 Å². The van der Waals surface area contributed by atoms with Crippen molar-refractivity contribution in [3.63, 3.8) is 0 Å². The van der Waals surface area contributed by atoms with Crippen LogP contribution >= 0.6 is 0 Å². The fourth-order valence-corrected chi connectivity index (χ4v) is 3.53. The molecule has 0 aliphatic carbocycles. The number of amides is 2. The Balaban J connectivity index is 1.64. The molecule has 1 atom stereocenters. The maximum Gasteiger partial charge on any atom is 0.321 e. The molecule has 128 valence electrons. The predicted molar refractivity (Wildman–Crippen MR) is 90.7 cm³/mol. The van der Waals surface area contributed by atoms with Crippen molar-refractivity contribution in [2.24, 2.45) is 0 Å². The van der Waals surface area contributed by atoms with Crippen LogP contribution in [-0.2, 0) is 9.84 Å². The Morgan fingerprint density at radius 2 is 2.04 bits per heavy atom. The first-order chi connectivity index (χ1) is 11.4. The second-order valence-electron chi connectivity index (χ2n) is 6.02. The van der Waals surface area contributed by atoms with Gasteiger partial charge in [-0.05, 0) is 43.2 Å². The van der Waals surface area contributed by atoms with Crippen LogP contribution in [0.5, 0.6) is 0 Å². The summed E-state index contributed by atoms with van der Waals surface area (Å²) in [6.45, 7) is 1.34. The summed E-state index contributed by atoms with van der Waals surface area (Å²) in [5.74, 6) is 0.264. The largest absolute Gasteiger partial charge is 0.324 e. The fraction of sp³-hybridized carbons (Fsp3) is 0.375. The van der Waals surface area contributed by atoms with Gasteiger partial charge in [0.25, 0.3) is 0 Å². The number of piperidine rings is 1. The van der Waals surface area contributed by atoms with Crippen molar-refractivity contribution >= 4 is 21.6 Å². The molecule has 8 heteroatoms. The number of likely N-dealkylation sites (tertiary alicyclic amines) is 1. The van der Waals surface area contributed by atoms with E-state index in [-0.39, 0.29) is 16.8 Å². The molecule has 2 amide bonds. The molecule has 3 rings (SSSR count). The lowest BCUT2D eigenvalue weighted by Crippen LogP contribution is -2.41. The van der Waals surface area contributed by atoms with Gasteiger partial charge in [0.15, 0.2) is 9.84 Å². The molecule has 0 unspecified atom stereocenters. The van der Waals surface area contributed by atoms with E-state index in [1.54, 1.807) is 23.2 Å². The van der Waals surface area contributed by atoms with Gasteiger partial charge < -0.3 is 10.2 Å². The number of carbonyl (C=O) groups is 1. The molecule has 2 aromatic rings. The van der Waals surface area contributed by atoms with Crippen LogP contribution in [-0.4, -0.2) is 48.9 Å². The number of sulfone groups is 1. The third-order valence-electron chi connectivity index (χ3n) is 4.20. The number of nitrogens with one attached hydrogen (secondary N) is 2. The molecule has 2 N–H and O–H groups in total. The Morgan fingerprint density at radius 1 is 1.29 bits per heavy atom. The van der Waals surface area contributed by atoms with E-state index in [4.69, 9.17) is 0 Å². The Labute approximate surface area is 141 Å². The first kappa shape index (κ1) is 16.5. The summed E-state index contributed by atoms with van der Waals surface area (Å²) in [7, 11) is -3.23. The smallest absolute Gasteiger partial charge is 0.321 e. The van der Waals surface area contributed by atoms with E-state index >= 15 is 0 Å². The Kier molecular flexibility index (Phi) is 4.57. The molecular formula is C16H20N4O3S. The average Bonchev–Trinajstić information content (AvgIpc) is 3.09.